The van der Waals surface area contributed by atoms with Crippen LogP contribution in [0, 0.1) is 13.8 Å². The summed E-state index contributed by atoms with van der Waals surface area (Å²) in [6, 6.07) is 14.6. The van der Waals surface area contributed by atoms with Gasteiger partial charge in [-0.2, -0.15) is 0 Å². The molecule has 1 saturated heterocycles. The van der Waals surface area contributed by atoms with E-state index >= 15 is 0 Å². The molecule has 30 heavy (non-hydrogen) atoms. The number of hydrogen-bond donors (Lipinski definition) is 0. The fraction of sp³-hybridized carbons (Fsp3) is 0.360. The highest BCUT2D eigenvalue weighted by Gasteiger charge is 2.23. The quantitative estimate of drug-likeness (QED) is 0.535. The second-order valence-corrected chi connectivity index (χ2v) is 9.09. The zero-order chi connectivity index (χ0) is 21.3. The van der Waals surface area contributed by atoms with E-state index < -0.39 is 0 Å². The number of carbonyl (C=O) groups excluding carboxylic acids is 1. The van der Waals surface area contributed by atoms with Crippen molar-refractivity contribution >= 4 is 32.7 Å². The van der Waals surface area contributed by atoms with Crippen molar-refractivity contribution in [3.63, 3.8) is 0 Å². The molecule has 0 unspecified atom stereocenters. The second-order valence-electron chi connectivity index (χ2n) is 8.17. The van der Waals surface area contributed by atoms with Gasteiger partial charge in [-0.05, 0) is 55.7 Å². The van der Waals surface area contributed by atoms with E-state index in [2.05, 4.69) is 65.0 Å². The van der Waals surface area contributed by atoms with Crippen LogP contribution in [-0.2, 0) is 13.0 Å². The molecule has 4 rings (SSSR count). The summed E-state index contributed by atoms with van der Waals surface area (Å²) in [6.45, 7) is 10.4. The smallest absolute Gasteiger partial charge is 0.254 e. The number of nitrogens with zero attached hydrogens (tertiary/aromatic N) is 3. The molecule has 0 atom stereocenters. The van der Waals surface area contributed by atoms with Crippen LogP contribution in [0.25, 0.3) is 10.9 Å². The van der Waals surface area contributed by atoms with Crippen LogP contribution < -0.4 is 0 Å². The van der Waals surface area contributed by atoms with E-state index in [-0.39, 0.29) is 5.91 Å². The molecule has 3 aromatic rings. The summed E-state index contributed by atoms with van der Waals surface area (Å²) >= 11 is 3.56. The third-order valence-corrected chi connectivity index (χ3v) is 6.43. The number of pyridine rings is 1. The summed E-state index contributed by atoms with van der Waals surface area (Å²) in [5, 5.41) is 1.21. The Bertz CT molecular complexity index is 1090. The molecule has 0 spiro atoms. The maximum atomic E-state index is 13.0. The first-order chi connectivity index (χ1) is 14.4. The SMILES string of the molecule is CCc1cc(CN2CCN(C(=O)c3ccc(C)cc3C)CC2)c2ccc(Br)cc2n1. The Labute approximate surface area is 187 Å². The Balaban J connectivity index is 1.47. The molecule has 0 N–H and O–H groups in total. The van der Waals surface area contributed by atoms with E-state index in [1.807, 2.05) is 24.0 Å². The predicted molar refractivity (Wildman–Crippen MR) is 126 cm³/mol. The minimum atomic E-state index is 0.152. The van der Waals surface area contributed by atoms with Crippen LogP contribution in [0.15, 0.2) is 46.9 Å². The number of aromatic nitrogens is 1. The Hall–Kier alpha value is -2.24. The molecule has 0 aliphatic carbocycles. The summed E-state index contributed by atoms with van der Waals surface area (Å²) < 4.78 is 1.06. The van der Waals surface area contributed by atoms with Crippen molar-refractivity contribution in [3.05, 3.63) is 74.9 Å². The molecular formula is C25H28BrN3O. The number of carbonyl (C=O) groups is 1. The van der Waals surface area contributed by atoms with Crippen molar-refractivity contribution in [2.45, 2.75) is 33.7 Å². The topological polar surface area (TPSA) is 36.4 Å². The number of amides is 1. The molecule has 5 heteroatoms. The first kappa shape index (κ1) is 21.0. The van der Waals surface area contributed by atoms with Gasteiger partial charge in [0.05, 0.1) is 5.52 Å². The van der Waals surface area contributed by atoms with Gasteiger partial charge in [0.1, 0.15) is 0 Å². The van der Waals surface area contributed by atoms with Crippen LogP contribution in [0.1, 0.15) is 39.7 Å². The third-order valence-electron chi connectivity index (χ3n) is 5.94. The van der Waals surface area contributed by atoms with E-state index in [9.17, 15) is 4.79 Å². The van der Waals surface area contributed by atoms with E-state index in [0.29, 0.717) is 0 Å². The minimum absolute atomic E-state index is 0.152. The highest BCUT2D eigenvalue weighted by molar-refractivity contribution is 9.10. The lowest BCUT2D eigenvalue weighted by molar-refractivity contribution is 0.0628. The first-order valence-electron chi connectivity index (χ1n) is 10.6. The summed E-state index contributed by atoms with van der Waals surface area (Å²) in [7, 11) is 0. The zero-order valence-electron chi connectivity index (χ0n) is 17.9. The number of benzene rings is 2. The second kappa shape index (κ2) is 8.86. The monoisotopic (exact) mass is 465 g/mol. The van der Waals surface area contributed by atoms with E-state index in [4.69, 9.17) is 4.98 Å². The van der Waals surface area contributed by atoms with Crippen LogP contribution in [0.4, 0.5) is 0 Å². The standard InChI is InChI=1S/C25H28BrN3O/c1-4-21-14-19(23-8-6-20(26)15-24(23)27-21)16-28-9-11-29(12-10-28)25(30)22-7-5-17(2)13-18(22)3/h5-8,13-15H,4,9-12,16H2,1-3H3. The number of hydrogen-bond acceptors (Lipinski definition) is 3. The lowest BCUT2D eigenvalue weighted by atomic mass is 10.0. The van der Waals surface area contributed by atoms with Crippen LogP contribution in [0.3, 0.4) is 0 Å². The fourth-order valence-corrected chi connectivity index (χ4v) is 4.57. The lowest BCUT2D eigenvalue weighted by Gasteiger charge is -2.35. The van der Waals surface area contributed by atoms with Gasteiger partial charge in [-0.1, -0.05) is 46.6 Å². The summed E-state index contributed by atoms with van der Waals surface area (Å²) in [6.07, 6.45) is 0.924. The summed E-state index contributed by atoms with van der Waals surface area (Å²) in [4.78, 5) is 22.2. The van der Waals surface area contributed by atoms with E-state index in [1.165, 1.54) is 16.5 Å². The van der Waals surface area contributed by atoms with Crippen molar-refractivity contribution in [2.75, 3.05) is 26.2 Å². The van der Waals surface area contributed by atoms with Crippen molar-refractivity contribution < 1.29 is 4.79 Å². The van der Waals surface area contributed by atoms with Gasteiger partial charge in [-0.25, -0.2) is 0 Å². The summed E-state index contributed by atoms with van der Waals surface area (Å²) in [5.74, 6) is 0.152. The molecule has 2 aromatic carbocycles. The van der Waals surface area contributed by atoms with Gasteiger partial charge in [0.25, 0.3) is 5.91 Å². The molecule has 1 aliphatic heterocycles. The van der Waals surface area contributed by atoms with Gasteiger partial charge in [-0.3, -0.25) is 14.7 Å². The normalized spacial score (nSPS) is 15.0. The average molecular weight is 466 g/mol. The van der Waals surface area contributed by atoms with Crippen LogP contribution in [-0.4, -0.2) is 46.9 Å². The van der Waals surface area contributed by atoms with Gasteiger partial charge in [-0.15, -0.1) is 0 Å². The molecule has 4 nitrogen and oxygen atoms in total. The number of fused-ring (bicyclic) bond motifs is 1. The van der Waals surface area contributed by atoms with Crippen LogP contribution in [0.5, 0.6) is 0 Å². The Morgan fingerprint density at radius 1 is 1.03 bits per heavy atom. The van der Waals surface area contributed by atoms with Crippen molar-refractivity contribution in [2.24, 2.45) is 0 Å². The average Bonchev–Trinajstić information content (AvgIpc) is 2.73. The largest absolute Gasteiger partial charge is 0.336 e. The molecule has 0 radical (unpaired) electrons. The first-order valence-corrected chi connectivity index (χ1v) is 11.4. The van der Waals surface area contributed by atoms with Gasteiger partial charge in [0, 0.05) is 53.8 Å². The molecule has 1 fully saturated rings. The van der Waals surface area contributed by atoms with Gasteiger partial charge < -0.3 is 4.90 Å². The molecule has 2 heterocycles. The van der Waals surface area contributed by atoms with Gasteiger partial charge >= 0.3 is 0 Å². The highest BCUT2D eigenvalue weighted by atomic mass is 79.9. The van der Waals surface area contributed by atoms with Crippen molar-refractivity contribution in [1.29, 1.82) is 0 Å². The zero-order valence-corrected chi connectivity index (χ0v) is 19.5. The van der Waals surface area contributed by atoms with Crippen molar-refractivity contribution in [1.82, 2.24) is 14.8 Å². The maximum Gasteiger partial charge on any atom is 0.254 e. The van der Waals surface area contributed by atoms with E-state index in [0.717, 1.165) is 66.0 Å². The molecule has 1 aromatic heterocycles. The molecule has 1 amide bonds. The predicted octanol–water partition coefficient (Wildman–Crippen LogP) is 5.13. The number of rotatable bonds is 4. The van der Waals surface area contributed by atoms with Crippen LogP contribution in [0.2, 0.25) is 0 Å². The molecule has 0 bridgehead atoms. The molecule has 1 aliphatic rings. The number of halogens is 1. The number of piperazine rings is 1. The van der Waals surface area contributed by atoms with Gasteiger partial charge in [0.2, 0.25) is 0 Å². The highest BCUT2D eigenvalue weighted by Crippen LogP contribution is 2.24. The molecule has 156 valence electrons. The van der Waals surface area contributed by atoms with Crippen molar-refractivity contribution in [3.8, 4) is 0 Å². The summed E-state index contributed by atoms with van der Waals surface area (Å²) in [5.41, 5.74) is 6.56. The minimum Gasteiger partial charge on any atom is -0.336 e. The van der Waals surface area contributed by atoms with Crippen LogP contribution >= 0.6 is 15.9 Å². The fourth-order valence-electron chi connectivity index (χ4n) is 4.22. The molecular weight excluding hydrogens is 438 g/mol. The van der Waals surface area contributed by atoms with E-state index in [1.54, 1.807) is 0 Å². The maximum absolute atomic E-state index is 13.0. The molecule has 0 saturated carbocycles. The lowest BCUT2D eigenvalue weighted by Crippen LogP contribution is -2.48. The number of aryl methyl sites for hydroxylation is 3. The van der Waals surface area contributed by atoms with Gasteiger partial charge in [0.15, 0.2) is 0 Å². The third kappa shape index (κ3) is 4.42. The Morgan fingerprint density at radius 2 is 1.80 bits per heavy atom. The Kier molecular flexibility index (Phi) is 6.21. The Morgan fingerprint density at radius 3 is 2.50 bits per heavy atom.